The van der Waals surface area contributed by atoms with Crippen LogP contribution in [0.2, 0.25) is 0 Å². The first kappa shape index (κ1) is 19.0. The summed E-state index contributed by atoms with van der Waals surface area (Å²) in [5.74, 6) is 1.69. The molecule has 0 fully saturated rings. The molecule has 0 saturated carbocycles. The number of aromatic amines is 1. The molecule has 0 atom stereocenters. The van der Waals surface area contributed by atoms with E-state index >= 15 is 0 Å². The Balaban J connectivity index is 1.76. The molecule has 0 bridgehead atoms. The van der Waals surface area contributed by atoms with Gasteiger partial charge in [0, 0.05) is 21.8 Å². The van der Waals surface area contributed by atoms with Gasteiger partial charge < -0.3 is 14.5 Å². The lowest BCUT2D eigenvalue weighted by molar-refractivity contribution is 0.414. The quantitative estimate of drug-likeness (QED) is 0.322. The van der Waals surface area contributed by atoms with E-state index in [1.54, 1.807) is 14.2 Å². The largest absolute Gasteiger partial charge is 0.497 e. The van der Waals surface area contributed by atoms with E-state index in [0.29, 0.717) is 0 Å². The van der Waals surface area contributed by atoms with Gasteiger partial charge in [0.25, 0.3) is 0 Å². The number of benzene rings is 4. The van der Waals surface area contributed by atoms with E-state index in [1.807, 2.05) is 24.3 Å². The van der Waals surface area contributed by atoms with Crippen LogP contribution in [-0.2, 0) is 0 Å². The van der Waals surface area contributed by atoms with Gasteiger partial charge in [-0.2, -0.15) is 0 Å². The molecule has 0 aliphatic heterocycles. The van der Waals surface area contributed by atoms with E-state index in [-0.39, 0.29) is 0 Å². The van der Waals surface area contributed by atoms with Crippen LogP contribution in [0.15, 0.2) is 91.0 Å². The van der Waals surface area contributed by atoms with Crippen LogP contribution in [0, 0.1) is 0 Å². The number of aromatic nitrogens is 1. The highest BCUT2D eigenvalue weighted by atomic mass is 16.5. The number of rotatable bonds is 5. The molecule has 1 aromatic heterocycles. The molecule has 0 aliphatic rings. The van der Waals surface area contributed by atoms with Gasteiger partial charge in [0.1, 0.15) is 11.5 Å². The average Bonchev–Trinajstić information content (AvgIpc) is 3.22. The number of methoxy groups -OCH3 is 2. The zero-order valence-corrected chi connectivity index (χ0v) is 17.6. The summed E-state index contributed by atoms with van der Waals surface area (Å²) in [6.45, 7) is 0. The fourth-order valence-electron chi connectivity index (χ4n) is 4.08. The molecule has 5 aromatic rings. The molecule has 0 aliphatic carbocycles. The summed E-state index contributed by atoms with van der Waals surface area (Å²) in [4.78, 5) is 3.56. The first-order chi connectivity index (χ1) is 15.3. The van der Waals surface area contributed by atoms with Crippen molar-refractivity contribution in [1.82, 2.24) is 4.98 Å². The topological polar surface area (TPSA) is 34.2 Å². The summed E-state index contributed by atoms with van der Waals surface area (Å²) in [5, 5.41) is 2.45. The Bertz CT molecular complexity index is 1380. The van der Waals surface area contributed by atoms with Crippen LogP contribution in [0.3, 0.4) is 0 Å². The Morgan fingerprint density at radius 3 is 2.03 bits per heavy atom. The zero-order chi connectivity index (χ0) is 21.2. The predicted molar refractivity (Wildman–Crippen MR) is 129 cm³/mol. The molecule has 0 spiro atoms. The molecule has 0 unspecified atom stereocenters. The molecule has 31 heavy (non-hydrogen) atoms. The first-order valence-corrected chi connectivity index (χ1v) is 10.3. The Hall–Kier alpha value is -3.98. The van der Waals surface area contributed by atoms with Crippen molar-refractivity contribution in [3.63, 3.8) is 0 Å². The van der Waals surface area contributed by atoms with E-state index in [0.717, 1.165) is 39.2 Å². The van der Waals surface area contributed by atoms with Crippen LogP contribution in [0.4, 0.5) is 0 Å². The van der Waals surface area contributed by atoms with Gasteiger partial charge in [-0.05, 0) is 64.7 Å². The van der Waals surface area contributed by atoms with Crippen molar-refractivity contribution in [1.29, 1.82) is 0 Å². The molecule has 4 aromatic carbocycles. The Morgan fingerprint density at radius 1 is 0.677 bits per heavy atom. The normalized spacial score (nSPS) is 11.7. The lowest BCUT2D eigenvalue weighted by Gasteiger charge is -2.12. The van der Waals surface area contributed by atoms with Crippen molar-refractivity contribution in [2.75, 3.05) is 14.2 Å². The van der Waals surface area contributed by atoms with Crippen LogP contribution in [0.25, 0.3) is 33.5 Å². The number of ether oxygens (including phenoxy) is 2. The van der Waals surface area contributed by atoms with Gasteiger partial charge in [-0.1, -0.05) is 54.6 Å². The number of H-pyrrole nitrogens is 1. The van der Waals surface area contributed by atoms with Crippen molar-refractivity contribution >= 4 is 33.5 Å². The molecular weight excluding hydrogens is 382 g/mol. The van der Waals surface area contributed by atoms with Crippen LogP contribution in [0.5, 0.6) is 11.5 Å². The second-order valence-corrected chi connectivity index (χ2v) is 7.46. The maximum Gasteiger partial charge on any atom is 0.118 e. The lowest BCUT2D eigenvalue weighted by atomic mass is 9.92. The van der Waals surface area contributed by atoms with Crippen molar-refractivity contribution < 1.29 is 9.47 Å². The molecule has 1 heterocycles. The van der Waals surface area contributed by atoms with Crippen molar-refractivity contribution in [3.8, 4) is 11.5 Å². The van der Waals surface area contributed by atoms with E-state index in [2.05, 4.69) is 77.8 Å². The fourth-order valence-corrected chi connectivity index (χ4v) is 4.08. The molecule has 0 radical (unpaired) electrons. The smallest absolute Gasteiger partial charge is 0.118 e. The maximum atomic E-state index is 5.38. The summed E-state index contributed by atoms with van der Waals surface area (Å²) in [6.07, 6.45) is 2.23. The molecule has 152 valence electrons. The summed E-state index contributed by atoms with van der Waals surface area (Å²) in [6, 6.07) is 31.3. The Morgan fingerprint density at radius 2 is 1.32 bits per heavy atom. The molecular formula is C28H23NO2. The highest BCUT2D eigenvalue weighted by Gasteiger charge is 2.14. The number of hydrogen-bond donors (Lipinski definition) is 1. The van der Waals surface area contributed by atoms with E-state index in [4.69, 9.17) is 9.47 Å². The molecule has 3 heteroatoms. The van der Waals surface area contributed by atoms with Gasteiger partial charge in [0.2, 0.25) is 0 Å². The summed E-state index contributed by atoms with van der Waals surface area (Å²) < 4.78 is 10.7. The average molecular weight is 405 g/mol. The minimum Gasteiger partial charge on any atom is -0.497 e. The zero-order valence-electron chi connectivity index (χ0n) is 17.6. The summed E-state index contributed by atoms with van der Waals surface area (Å²) >= 11 is 0. The van der Waals surface area contributed by atoms with Gasteiger partial charge in [0.15, 0.2) is 0 Å². The lowest BCUT2D eigenvalue weighted by Crippen LogP contribution is -1.91. The maximum absolute atomic E-state index is 5.38. The third-order valence-corrected chi connectivity index (χ3v) is 5.65. The second kappa shape index (κ2) is 8.04. The van der Waals surface area contributed by atoms with Gasteiger partial charge in [0.05, 0.1) is 14.2 Å². The van der Waals surface area contributed by atoms with Crippen molar-refractivity contribution in [2.45, 2.75) is 0 Å². The minimum absolute atomic E-state index is 0.845. The van der Waals surface area contributed by atoms with Gasteiger partial charge >= 0.3 is 0 Å². The predicted octanol–water partition coefficient (Wildman–Crippen LogP) is 6.93. The first-order valence-electron chi connectivity index (χ1n) is 10.3. The van der Waals surface area contributed by atoms with Gasteiger partial charge in [-0.25, -0.2) is 0 Å². The molecule has 3 nitrogen and oxygen atoms in total. The van der Waals surface area contributed by atoms with E-state index in [1.165, 1.54) is 16.3 Å². The fraction of sp³-hybridized carbons (Fsp3) is 0.0714. The van der Waals surface area contributed by atoms with E-state index in [9.17, 15) is 0 Å². The van der Waals surface area contributed by atoms with Crippen molar-refractivity contribution in [2.24, 2.45) is 0 Å². The number of para-hydroxylation sites is 1. The third-order valence-electron chi connectivity index (χ3n) is 5.65. The van der Waals surface area contributed by atoms with E-state index < -0.39 is 0 Å². The number of nitrogens with one attached hydrogen (secondary N) is 1. The highest BCUT2D eigenvalue weighted by Crippen LogP contribution is 2.36. The SMILES string of the molecule is COc1ccc(/C=C(\c2ccc(OC)cc2)c2cccc3[nH]c4ccccc4c23)cc1. The monoisotopic (exact) mass is 405 g/mol. The molecule has 0 saturated heterocycles. The van der Waals surface area contributed by atoms with Crippen LogP contribution < -0.4 is 9.47 Å². The molecule has 0 amide bonds. The standard InChI is InChI=1S/C28H23NO2/c1-30-21-14-10-19(11-15-21)18-25(20-12-16-22(31-2)17-13-20)23-7-5-9-27-28(23)24-6-3-4-8-26(24)29-27/h3-18,29H,1-2H3/b25-18+. The summed E-state index contributed by atoms with van der Waals surface area (Å²) in [7, 11) is 3.38. The van der Waals surface area contributed by atoms with Gasteiger partial charge in [-0.15, -0.1) is 0 Å². The Kier molecular flexibility index (Phi) is 4.93. The second-order valence-electron chi connectivity index (χ2n) is 7.46. The number of hydrogen-bond acceptors (Lipinski definition) is 2. The van der Waals surface area contributed by atoms with Gasteiger partial charge in [-0.3, -0.25) is 0 Å². The van der Waals surface area contributed by atoms with Crippen molar-refractivity contribution in [3.05, 3.63) is 108 Å². The highest BCUT2D eigenvalue weighted by molar-refractivity contribution is 6.14. The minimum atomic E-state index is 0.845. The third kappa shape index (κ3) is 3.55. The van der Waals surface area contributed by atoms with Crippen LogP contribution in [-0.4, -0.2) is 19.2 Å². The van der Waals surface area contributed by atoms with Crippen LogP contribution >= 0.6 is 0 Å². The summed E-state index contributed by atoms with van der Waals surface area (Å²) in [5.41, 5.74) is 6.87. The molecule has 1 N–H and O–H groups in total. The van der Waals surface area contributed by atoms with Crippen LogP contribution in [0.1, 0.15) is 16.7 Å². The Labute approximate surface area is 181 Å². The molecule has 5 rings (SSSR count). The number of fused-ring (bicyclic) bond motifs is 3.